The van der Waals surface area contributed by atoms with E-state index in [0.29, 0.717) is 0 Å². The fourth-order valence-electron chi connectivity index (χ4n) is 0. The van der Waals surface area contributed by atoms with E-state index in [1.165, 1.54) is 4.90 Å². The quantitative estimate of drug-likeness (QED) is 0.418. The Morgan fingerprint density at radius 1 is 1.44 bits per heavy atom. The van der Waals surface area contributed by atoms with Crippen molar-refractivity contribution < 1.29 is 10.3 Å². The molecule has 0 unspecified atom stereocenters. The first-order chi connectivity index (χ1) is 3.68. The fourth-order valence-corrected chi connectivity index (χ4v) is 0. The molecule has 0 radical (unpaired) electrons. The maximum absolute atomic E-state index is 9.43. The molecule has 0 spiro atoms. The Hall–Kier alpha value is 0.01000. The number of rotatable bonds is 1. The van der Waals surface area contributed by atoms with Crippen molar-refractivity contribution in [1.29, 1.82) is 0 Å². The van der Waals surface area contributed by atoms with Gasteiger partial charge in [0.1, 0.15) is 0 Å². The molecule has 0 atom stereocenters. The van der Waals surface area contributed by atoms with Crippen LogP contribution in [0.4, 0.5) is 0 Å². The van der Waals surface area contributed by atoms with Crippen LogP contribution in [0.5, 0.6) is 0 Å². The summed E-state index contributed by atoms with van der Waals surface area (Å²) >= 11 is 9.53. The van der Waals surface area contributed by atoms with Gasteiger partial charge in [0.05, 0.1) is 5.34 Å². The number of hydrogen-bond donors (Lipinski definition) is 0. The third-order valence-electron chi connectivity index (χ3n) is 0.211. The Morgan fingerprint density at radius 2 is 1.56 bits per heavy atom. The van der Waals surface area contributed by atoms with Crippen LogP contribution in [-0.4, -0.2) is 36.2 Å². The van der Waals surface area contributed by atoms with E-state index in [1.54, 1.807) is 14.1 Å². The first-order valence-electron chi connectivity index (χ1n) is 1.92. The number of hydrogen-bond acceptors (Lipinski definition) is 1. The van der Waals surface area contributed by atoms with Crippen molar-refractivity contribution in [3.05, 3.63) is 0 Å². The Kier molecular flexibility index (Phi) is 27.9. The van der Waals surface area contributed by atoms with Crippen molar-refractivity contribution in [2.24, 2.45) is 0 Å². The highest BCUT2D eigenvalue weighted by Gasteiger charge is 1.68. The standard InChI is InChI=1S/C3H7NO.CH2Cl2.H2O/c1-4(2)3-5;2-1-3;/h3H,1-2H3;1H2;1H2. The van der Waals surface area contributed by atoms with Crippen molar-refractivity contribution in [2.75, 3.05) is 19.4 Å². The van der Waals surface area contributed by atoms with Crippen molar-refractivity contribution >= 4 is 29.6 Å². The lowest BCUT2D eigenvalue weighted by Crippen LogP contribution is -2.06. The van der Waals surface area contributed by atoms with Crippen LogP contribution in [0.15, 0.2) is 0 Å². The maximum atomic E-state index is 9.43. The van der Waals surface area contributed by atoms with E-state index in [4.69, 9.17) is 23.2 Å². The summed E-state index contributed by atoms with van der Waals surface area (Å²) in [5.74, 6) is 0. The molecular weight excluding hydrogens is 165 g/mol. The van der Waals surface area contributed by atoms with E-state index in [1.807, 2.05) is 0 Å². The first kappa shape index (κ1) is 16.0. The van der Waals surface area contributed by atoms with E-state index in [9.17, 15) is 4.79 Å². The number of carbonyl (C=O) groups is 1. The smallest absolute Gasteiger partial charge is 0.209 e. The van der Waals surface area contributed by atoms with E-state index >= 15 is 0 Å². The minimum atomic E-state index is 0. The topological polar surface area (TPSA) is 51.8 Å². The van der Waals surface area contributed by atoms with Crippen LogP contribution in [-0.2, 0) is 4.79 Å². The lowest BCUT2D eigenvalue weighted by molar-refractivity contribution is -0.115. The average Bonchev–Trinajstić information content (AvgIpc) is 1.69. The molecule has 2 N–H and O–H groups in total. The molecule has 0 aliphatic carbocycles. The molecular formula is C4H11Cl2NO2. The SMILES string of the molecule is CN(C)C=O.ClCCl.O. The van der Waals surface area contributed by atoms with Gasteiger partial charge >= 0.3 is 0 Å². The second-order valence-corrected chi connectivity index (χ2v) is 1.98. The summed E-state index contributed by atoms with van der Waals surface area (Å²) in [6, 6.07) is 0. The highest BCUT2D eigenvalue weighted by atomic mass is 35.5. The van der Waals surface area contributed by atoms with Gasteiger partial charge in [-0.2, -0.15) is 0 Å². The van der Waals surface area contributed by atoms with Gasteiger partial charge in [0.2, 0.25) is 6.41 Å². The molecule has 1 amide bonds. The lowest BCUT2D eigenvalue weighted by atomic mass is 11.0. The van der Waals surface area contributed by atoms with Crippen molar-refractivity contribution in [2.45, 2.75) is 0 Å². The summed E-state index contributed by atoms with van der Waals surface area (Å²) in [5.41, 5.74) is 0. The summed E-state index contributed by atoms with van der Waals surface area (Å²) in [7, 11) is 3.38. The van der Waals surface area contributed by atoms with Crippen LogP contribution in [0.1, 0.15) is 0 Å². The number of amides is 1. The van der Waals surface area contributed by atoms with Gasteiger partial charge in [-0.1, -0.05) is 0 Å². The molecule has 58 valence electrons. The molecule has 0 saturated carbocycles. The van der Waals surface area contributed by atoms with Crippen molar-refractivity contribution in [3.8, 4) is 0 Å². The fraction of sp³-hybridized carbons (Fsp3) is 0.750. The second-order valence-electron chi connectivity index (χ2n) is 1.17. The van der Waals surface area contributed by atoms with Gasteiger partial charge in [0, 0.05) is 14.1 Å². The van der Waals surface area contributed by atoms with Gasteiger partial charge in [-0.3, -0.25) is 4.79 Å². The highest BCUT2D eigenvalue weighted by molar-refractivity contribution is 6.40. The maximum Gasteiger partial charge on any atom is 0.209 e. The number of alkyl halides is 2. The molecule has 0 aromatic carbocycles. The Labute approximate surface area is 64.8 Å². The van der Waals surface area contributed by atoms with Crippen molar-refractivity contribution in [1.82, 2.24) is 4.90 Å². The predicted molar refractivity (Wildman–Crippen MR) is 39.9 cm³/mol. The van der Waals surface area contributed by atoms with E-state index in [-0.39, 0.29) is 10.8 Å². The van der Waals surface area contributed by atoms with Crippen LogP contribution in [0.3, 0.4) is 0 Å². The van der Waals surface area contributed by atoms with Crippen LogP contribution in [0.25, 0.3) is 0 Å². The zero-order valence-corrected chi connectivity index (χ0v) is 6.91. The average molecular weight is 176 g/mol. The summed E-state index contributed by atoms with van der Waals surface area (Å²) < 4.78 is 0. The van der Waals surface area contributed by atoms with Crippen LogP contribution >= 0.6 is 23.2 Å². The summed E-state index contributed by atoms with van der Waals surface area (Å²) in [6.45, 7) is 0. The Bertz CT molecular complexity index is 51.8. The lowest BCUT2D eigenvalue weighted by Gasteiger charge is -1.93. The molecule has 0 bridgehead atoms. The van der Waals surface area contributed by atoms with Crippen molar-refractivity contribution in [3.63, 3.8) is 0 Å². The van der Waals surface area contributed by atoms with E-state index < -0.39 is 0 Å². The van der Waals surface area contributed by atoms with Gasteiger partial charge in [-0.15, -0.1) is 23.2 Å². The van der Waals surface area contributed by atoms with Crippen LogP contribution < -0.4 is 0 Å². The summed E-state index contributed by atoms with van der Waals surface area (Å²) in [5, 5.41) is 0.194. The molecule has 0 aliphatic rings. The van der Waals surface area contributed by atoms with Gasteiger partial charge in [-0.05, 0) is 0 Å². The van der Waals surface area contributed by atoms with Crippen LogP contribution in [0.2, 0.25) is 0 Å². The molecule has 0 aliphatic heterocycles. The highest BCUT2D eigenvalue weighted by Crippen LogP contribution is 1.73. The number of halogens is 2. The number of nitrogens with zero attached hydrogens (tertiary/aromatic N) is 1. The minimum Gasteiger partial charge on any atom is -0.412 e. The molecule has 5 heteroatoms. The third kappa shape index (κ3) is 71.6. The minimum absolute atomic E-state index is 0. The zero-order chi connectivity index (χ0) is 6.99. The van der Waals surface area contributed by atoms with Gasteiger partial charge in [0.25, 0.3) is 0 Å². The predicted octanol–water partition coefficient (Wildman–Crippen LogP) is 0.301. The monoisotopic (exact) mass is 175 g/mol. The molecule has 9 heavy (non-hydrogen) atoms. The first-order valence-corrected chi connectivity index (χ1v) is 2.99. The van der Waals surface area contributed by atoms with Gasteiger partial charge in [0.15, 0.2) is 0 Å². The Balaban J connectivity index is -0.0000000800. The normalized spacial score (nSPS) is 5.78. The summed E-state index contributed by atoms with van der Waals surface area (Å²) in [4.78, 5) is 10.9. The molecule has 0 saturated heterocycles. The molecule has 3 nitrogen and oxygen atoms in total. The third-order valence-corrected chi connectivity index (χ3v) is 0.211. The van der Waals surface area contributed by atoms with Crippen LogP contribution in [0, 0.1) is 0 Å². The molecule has 0 fully saturated rings. The van der Waals surface area contributed by atoms with E-state index in [0.717, 1.165) is 6.41 Å². The number of carbonyl (C=O) groups excluding carboxylic acids is 1. The molecule has 0 aromatic heterocycles. The Morgan fingerprint density at radius 3 is 1.56 bits per heavy atom. The molecule has 0 rings (SSSR count). The second kappa shape index (κ2) is 15.7. The van der Waals surface area contributed by atoms with Gasteiger partial charge < -0.3 is 10.4 Å². The largest absolute Gasteiger partial charge is 0.412 e. The van der Waals surface area contributed by atoms with E-state index in [2.05, 4.69) is 0 Å². The molecule has 0 heterocycles. The summed E-state index contributed by atoms with van der Waals surface area (Å²) in [6.07, 6.45) is 0.750. The molecule has 0 aromatic rings. The van der Waals surface area contributed by atoms with Gasteiger partial charge in [-0.25, -0.2) is 0 Å². The zero-order valence-electron chi connectivity index (χ0n) is 5.40.